The Morgan fingerprint density at radius 3 is 2.55 bits per heavy atom. The highest BCUT2D eigenvalue weighted by Crippen LogP contribution is 2.15. The molecule has 0 unspecified atom stereocenters. The van der Waals surface area contributed by atoms with Crippen LogP contribution in [0, 0.1) is 0 Å². The van der Waals surface area contributed by atoms with Gasteiger partial charge >= 0.3 is 5.97 Å². The van der Waals surface area contributed by atoms with Crippen molar-refractivity contribution in [3.05, 3.63) is 71.3 Å². The van der Waals surface area contributed by atoms with Crippen molar-refractivity contribution in [2.24, 2.45) is 15.9 Å². The second-order valence-corrected chi connectivity index (χ2v) is 7.04. The first-order valence-electron chi connectivity index (χ1n) is 8.74. The van der Waals surface area contributed by atoms with Crippen LogP contribution >= 0.6 is 11.8 Å². The third-order valence-corrected chi connectivity index (χ3v) is 4.75. The zero-order valence-corrected chi connectivity index (χ0v) is 16.2. The van der Waals surface area contributed by atoms with Crippen LogP contribution < -0.4 is 5.73 Å². The molecule has 1 fully saturated rings. The van der Waals surface area contributed by atoms with E-state index < -0.39 is 17.8 Å². The highest BCUT2D eigenvalue weighted by atomic mass is 32.2. The fourth-order valence-electron chi connectivity index (χ4n) is 2.45. The van der Waals surface area contributed by atoms with Crippen LogP contribution in [-0.4, -0.2) is 34.2 Å². The number of rotatable bonds is 6. The highest BCUT2D eigenvalue weighted by Gasteiger charge is 2.33. The number of hydrogen-bond acceptors (Lipinski definition) is 7. The number of amidine groups is 1. The Kier molecular flexibility index (Phi) is 6.75. The number of amides is 2. The summed E-state index contributed by atoms with van der Waals surface area (Å²) < 4.78 is 0. The molecule has 0 atom stereocenters. The van der Waals surface area contributed by atoms with Crippen LogP contribution in [-0.2, 0) is 20.2 Å². The average molecular weight is 410 g/mol. The van der Waals surface area contributed by atoms with E-state index in [0.29, 0.717) is 21.5 Å². The molecule has 8 nitrogen and oxygen atoms in total. The number of imide groups is 1. The maximum atomic E-state index is 12.2. The molecule has 1 saturated heterocycles. The van der Waals surface area contributed by atoms with E-state index in [9.17, 15) is 14.4 Å². The Labute approximate surface area is 171 Å². The van der Waals surface area contributed by atoms with Crippen molar-refractivity contribution < 1.29 is 19.2 Å². The van der Waals surface area contributed by atoms with Crippen LogP contribution in [0.4, 0.5) is 0 Å². The molecule has 9 heteroatoms. The fourth-order valence-corrected chi connectivity index (χ4v) is 3.06. The minimum absolute atomic E-state index is 0.0422. The van der Waals surface area contributed by atoms with Gasteiger partial charge in [0, 0.05) is 18.6 Å². The highest BCUT2D eigenvalue weighted by molar-refractivity contribution is 8.13. The molecule has 1 heterocycles. The number of nitrogens with zero attached hydrogens (tertiary/aromatic N) is 3. The number of nitrogens with two attached hydrogens (primary N) is 1. The number of hydroxylamine groups is 2. The summed E-state index contributed by atoms with van der Waals surface area (Å²) in [5.41, 5.74) is 7.73. The zero-order valence-electron chi connectivity index (χ0n) is 15.4. The summed E-state index contributed by atoms with van der Waals surface area (Å²) in [6.45, 7) is 0. The topological polar surface area (TPSA) is 114 Å². The summed E-state index contributed by atoms with van der Waals surface area (Å²) in [5.74, 6) is -1.18. The lowest BCUT2D eigenvalue weighted by Crippen LogP contribution is -2.32. The van der Waals surface area contributed by atoms with Crippen LogP contribution in [0.25, 0.3) is 0 Å². The van der Waals surface area contributed by atoms with Gasteiger partial charge in [-0.05, 0) is 23.3 Å². The molecule has 1 aliphatic rings. The Balaban J connectivity index is 1.58. The third kappa shape index (κ3) is 5.76. The molecule has 0 aromatic heterocycles. The Hall–Kier alpha value is -3.46. The van der Waals surface area contributed by atoms with Crippen LogP contribution in [0.15, 0.2) is 64.8 Å². The molecule has 148 valence electrons. The van der Waals surface area contributed by atoms with E-state index in [0.717, 1.165) is 5.56 Å². The van der Waals surface area contributed by atoms with Gasteiger partial charge in [-0.2, -0.15) is 5.10 Å². The first kappa shape index (κ1) is 20.3. The molecule has 2 aromatic carbocycles. The molecular weight excluding hydrogens is 392 g/mol. The van der Waals surface area contributed by atoms with Crippen molar-refractivity contribution in [1.29, 1.82) is 0 Å². The fraction of sp³-hybridized carbons (Fsp3) is 0.150. The van der Waals surface area contributed by atoms with Gasteiger partial charge in [0.25, 0.3) is 11.8 Å². The SMILES string of the molecule is NC(=NN=Cc1cccc(C(=O)ON2C(=O)CCC2=O)c1)SCc1ccccc1. The van der Waals surface area contributed by atoms with Gasteiger partial charge in [0.2, 0.25) is 0 Å². The molecule has 3 rings (SSSR count). The molecule has 2 N–H and O–H groups in total. The lowest BCUT2D eigenvalue weighted by Gasteiger charge is -2.12. The minimum Gasteiger partial charge on any atom is -0.377 e. The van der Waals surface area contributed by atoms with Crippen molar-refractivity contribution in [2.45, 2.75) is 18.6 Å². The summed E-state index contributed by atoms with van der Waals surface area (Å²) in [4.78, 5) is 40.2. The third-order valence-electron chi connectivity index (χ3n) is 3.89. The summed E-state index contributed by atoms with van der Waals surface area (Å²) in [5, 5.41) is 8.68. The number of carbonyl (C=O) groups is 3. The lowest BCUT2D eigenvalue weighted by atomic mass is 10.1. The molecule has 0 spiro atoms. The van der Waals surface area contributed by atoms with E-state index in [1.165, 1.54) is 30.1 Å². The van der Waals surface area contributed by atoms with Gasteiger partial charge in [0.05, 0.1) is 11.8 Å². The Morgan fingerprint density at radius 2 is 1.83 bits per heavy atom. The largest absolute Gasteiger partial charge is 0.377 e. The molecule has 1 aliphatic heterocycles. The van der Waals surface area contributed by atoms with Crippen molar-refractivity contribution in [3.8, 4) is 0 Å². The van der Waals surface area contributed by atoms with Crippen molar-refractivity contribution >= 4 is 40.9 Å². The molecule has 0 radical (unpaired) electrons. The number of hydrogen-bond donors (Lipinski definition) is 1. The van der Waals surface area contributed by atoms with Gasteiger partial charge in [0.1, 0.15) is 0 Å². The second kappa shape index (κ2) is 9.65. The maximum Gasteiger partial charge on any atom is 0.363 e. The predicted molar refractivity (Wildman–Crippen MR) is 110 cm³/mol. The first-order valence-corrected chi connectivity index (χ1v) is 9.73. The number of benzene rings is 2. The molecule has 2 amide bonds. The Morgan fingerprint density at radius 1 is 1.10 bits per heavy atom. The van der Waals surface area contributed by atoms with Gasteiger partial charge in [-0.25, -0.2) is 4.79 Å². The smallest absolute Gasteiger partial charge is 0.363 e. The van der Waals surface area contributed by atoms with E-state index in [2.05, 4.69) is 10.2 Å². The number of carbonyl (C=O) groups excluding carboxylic acids is 3. The van der Waals surface area contributed by atoms with Crippen molar-refractivity contribution in [3.63, 3.8) is 0 Å². The van der Waals surface area contributed by atoms with Crippen LogP contribution in [0.2, 0.25) is 0 Å². The standard InChI is InChI=1S/C20H18N4O4S/c21-20(29-13-14-5-2-1-3-6-14)23-22-12-15-7-4-8-16(11-15)19(27)28-24-17(25)9-10-18(24)26/h1-8,11-12H,9-10,13H2,(H2,21,23). The average Bonchev–Trinajstić information content (AvgIpc) is 3.05. The van der Waals surface area contributed by atoms with E-state index in [4.69, 9.17) is 10.6 Å². The van der Waals surface area contributed by atoms with E-state index in [-0.39, 0.29) is 18.4 Å². The van der Waals surface area contributed by atoms with Crippen LogP contribution in [0.1, 0.15) is 34.3 Å². The summed E-state index contributed by atoms with van der Waals surface area (Å²) in [6, 6.07) is 16.2. The molecule has 2 aromatic rings. The van der Waals surface area contributed by atoms with Crippen LogP contribution in [0.3, 0.4) is 0 Å². The molecule has 29 heavy (non-hydrogen) atoms. The quantitative estimate of drug-likeness (QED) is 0.339. The summed E-state index contributed by atoms with van der Waals surface area (Å²) >= 11 is 1.36. The van der Waals surface area contributed by atoms with E-state index >= 15 is 0 Å². The van der Waals surface area contributed by atoms with Gasteiger partial charge < -0.3 is 10.6 Å². The van der Waals surface area contributed by atoms with Gasteiger partial charge in [0.15, 0.2) is 5.17 Å². The maximum absolute atomic E-state index is 12.2. The van der Waals surface area contributed by atoms with Gasteiger partial charge in [-0.1, -0.05) is 54.2 Å². The number of thioether (sulfide) groups is 1. The van der Waals surface area contributed by atoms with E-state index in [1.54, 1.807) is 12.1 Å². The van der Waals surface area contributed by atoms with Crippen molar-refractivity contribution in [1.82, 2.24) is 5.06 Å². The molecule has 0 aliphatic carbocycles. The Bertz CT molecular complexity index is 959. The molecule has 0 saturated carbocycles. The van der Waals surface area contributed by atoms with Gasteiger partial charge in [-0.3, -0.25) is 9.59 Å². The van der Waals surface area contributed by atoms with Crippen molar-refractivity contribution in [2.75, 3.05) is 0 Å². The van der Waals surface area contributed by atoms with Crippen LogP contribution in [0.5, 0.6) is 0 Å². The van der Waals surface area contributed by atoms with E-state index in [1.807, 2.05) is 30.3 Å². The summed E-state index contributed by atoms with van der Waals surface area (Å²) in [7, 11) is 0. The summed E-state index contributed by atoms with van der Waals surface area (Å²) in [6.07, 6.45) is 1.53. The minimum atomic E-state index is -0.801. The van der Waals surface area contributed by atoms with Gasteiger partial charge in [-0.15, -0.1) is 10.2 Å². The first-order chi connectivity index (χ1) is 14.0. The predicted octanol–water partition coefficient (Wildman–Crippen LogP) is 2.49. The zero-order chi connectivity index (χ0) is 20.6. The normalized spacial score (nSPS) is 14.6. The lowest BCUT2D eigenvalue weighted by molar-refractivity contribution is -0.172. The second-order valence-electron chi connectivity index (χ2n) is 6.04. The molecular formula is C20H18N4O4S. The molecule has 0 bridgehead atoms. The monoisotopic (exact) mass is 410 g/mol.